The summed E-state index contributed by atoms with van der Waals surface area (Å²) in [5.74, 6) is -0.549. The maximum absolute atomic E-state index is 13.2. The second kappa shape index (κ2) is 11.5. The zero-order valence-electron chi connectivity index (χ0n) is 19.9. The van der Waals surface area contributed by atoms with Crippen LogP contribution in [0.1, 0.15) is 44.7 Å². The minimum Gasteiger partial charge on any atom is -0.350 e. The molecule has 1 saturated heterocycles. The number of aryl methyl sites for hydroxylation is 1. The van der Waals surface area contributed by atoms with Crippen molar-refractivity contribution < 1.29 is 14.4 Å². The van der Waals surface area contributed by atoms with Crippen LogP contribution in [0.3, 0.4) is 0 Å². The fourth-order valence-corrected chi connectivity index (χ4v) is 4.42. The molecule has 0 bridgehead atoms. The second-order valence-corrected chi connectivity index (χ2v) is 9.02. The molecule has 0 aliphatic carbocycles. The molecule has 1 aliphatic rings. The Morgan fingerprint density at radius 2 is 1.43 bits per heavy atom. The molecule has 180 valence electrons. The third-order valence-electron chi connectivity index (χ3n) is 6.51. The number of likely N-dealkylation sites (tertiary alicyclic amines) is 1. The van der Waals surface area contributed by atoms with Crippen LogP contribution in [0.2, 0.25) is 0 Å². The molecule has 4 rings (SSSR count). The maximum Gasteiger partial charge on any atom is 0.253 e. The fourth-order valence-electron chi connectivity index (χ4n) is 4.42. The summed E-state index contributed by atoms with van der Waals surface area (Å²) in [6.45, 7) is 3.47. The fraction of sp³-hybridized carbons (Fsp3) is 0.276. The van der Waals surface area contributed by atoms with Crippen LogP contribution in [0.15, 0.2) is 84.9 Å². The van der Waals surface area contributed by atoms with Gasteiger partial charge in [-0.15, -0.1) is 0 Å². The topological polar surface area (TPSA) is 78.5 Å². The lowest BCUT2D eigenvalue weighted by molar-refractivity contribution is -0.124. The Kier molecular flexibility index (Phi) is 7.93. The van der Waals surface area contributed by atoms with Crippen LogP contribution in [0, 0.1) is 12.8 Å². The van der Waals surface area contributed by atoms with Crippen molar-refractivity contribution in [3.05, 3.63) is 107 Å². The van der Waals surface area contributed by atoms with Crippen molar-refractivity contribution in [1.82, 2.24) is 15.5 Å². The van der Waals surface area contributed by atoms with Gasteiger partial charge in [-0.2, -0.15) is 0 Å². The van der Waals surface area contributed by atoms with E-state index in [1.807, 2.05) is 72.5 Å². The van der Waals surface area contributed by atoms with E-state index in [0.29, 0.717) is 43.6 Å². The van der Waals surface area contributed by atoms with Crippen molar-refractivity contribution in [2.45, 2.75) is 32.4 Å². The minimum absolute atomic E-state index is 0.00171. The molecular formula is C29H31N3O3. The van der Waals surface area contributed by atoms with Crippen LogP contribution in [-0.2, 0) is 11.3 Å². The normalized spacial score (nSPS) is 14.7. The van der Waals surface area contributed by atoms with Gasteiger partial charge in [0.2, 0.25) is 5.91 Å². The molecule has 1 heterocycles. The van der Waals surface area contributed by atoms with E-state index >= 15 is 0 Å². The molecule has 0 unspecified atom stereocenters. The van der Waals surface area contributed by atoms with Crippen LogP contribution in [-0.4, -0.2) is 41.8 Å². The number of rotatable bonds is 7. The van der Waals surface area contributed by atoms with Crippen LogP contribution < -0.4 is 10.6 Å². The van der Waals surface area contributed by atoms with Crippen molar-refractivity contribution in [2.24, 2.45) is 5.92 Å². The molecule has 0 saturated carbocycles. The molecule has 1 atom stereocenters. The SMILES string of the molecule is Cc1ccc(C(=O)N2CCC([C@H](NC(=O)c3ccccc3)C(=O)NCc3ccccc3)CC2)cc1. The molecule has 0 aromatic heterocycles. The van der Waals surface area contributed by atoms with Crippen molar-refractivity contribution in [3.8, 4) is 0 Å². The summed E-state index contributed by atoms with van der Waals surface area (Å²) in [5, 5.41) is 5.95. The predicted octanol–water partition coefficient (Wildman–Crippen LogP) is 3.96. The summed E-state index contributed by atoms with van der Waals surface area (Å²) in [5.41, 5.74) is 3.29. The molecule has 6 heteroatoms. The number of carbonyl (C=O) groups is 3. The third kappa shape index (κ3) is 6.35. The molecule has 1 fully saturated rings. The third-order valence-corrected chi connectivity index (χ3v) is 6.51. The number of amides is 3. The van der Waals surface area contributed by atoms with Gasteiger partial charge in [0.25, 0.3) is 11.8 Å². The first-order chi connectivity index (χ1) is 17.0. The van der Waals surface area contributed by atoms with Crippen LogP contribution >= 0.6 is 0 Å². The highest BCUT2D eigenvalue weighted by molar-refractivity contribution is 5.97. The smallest absolute Gasteiger partial charge is 0.253 e. The summed E-state index contributed by atoms with van der Waals surface area (Å²) in [6, 6.07) is 25.5. The number of piperidine rings is 1. The molecule has 1 aliphatic heterocycles. The van der Waals surface area contributed by atoms with E-state index in [1.54, 1.807) is 24.3 Å². The second-order valence-electron chi connectivity index (χ2n) is 9.02. The Labute approximate surface area is 206 Å². The molecule has 3 amide bonds. The number of nitrogens with zero attached hydrogens (tertiary/aromatic N) is 1. The van der Waals surface area contributed by atoms with Gasteiger partial charge < -0.3 is 15.5 Å². The zero-order chi connectivity index (χ0) is 24.6. The Balaban J connectivity index is 1.43. The van der Waals surface area contributed by atoms with Gasteiger partial charge in [0.15, 0.2) is 0 Å². The van der Waals surface area contributed by atoms with Crippen molar-refractivity contribution in [1.29, 1.82) is 0 Å². The van der Waals surface area contributed by atoms with Gasteiger partial charge in [-0.25, -0.2) is 0 Å². The number of hydrogen-bond donors (Lipinski definition) is 2. The standard InChI is InChI=1S/C29H31N3O3/c1-21-12-14-25(15-13-21)29(35)32-18-16-23(17-19-32)26(31-27(33)24-10-6-3-7-11-24)28(34)30-20-22-8-4-2-5-9-22/h2-15,23,26H,16-20H2,1H3,(H,30,34)(H,31,33)/t26-/m0/s1. The van der Waals surface area contributed by atoms with Crippen LogP contribution in [0.5, 0.6) is 0 Å². The number of benzene rings is 3. The van der Waals surface area contributed by atoms with Gasteiger partial charge in [0.1, 0.15) is 6.04 Å². The molecular weight excluding hydrogens is 438 g/mol. The summed E-state index contributed by atoms with van der Waals surface area (Å²) >= 11 is 0. The molecule has 35 heavy (non-hydrogen) atoms. The Morgan fingerprint density at radius 3 is 2.06 bits per heavy atom. The Morgan fingerprint density at radius 1 is 0.829 bits per heavy atom. The number of nitrogens with one attached hydrogen (secondary N) is 2. The van der Waals surface area contributed by atoms with Gasteiger partial charge in [-0.3, -0.25) is 14.4 Å². The van der Waals surface area contributed by atoms with E-state index < -0.39 is 6.04 Å². The largest absolute Gasteiger partial charge is 0.350 e. The highest BCUT2D eigenvalue weighted by Gasteiger charge is 2.34. The lowest BCUT2D eigenvalue weighted by atomic mass is 9.88. The van der Waals surface area contributed by atoms with E-state index in [0.717, 1.165) is 11.1 Å². The summed E-state index contributed by atoms with van der Waals surface area (Å²) in [6.07, 6.45) is 1.27. The van der Waals surface area contributed by atoms with Crippen LogP contribution in [0.25, 0.3) is 0 Å². The molecule has 0 radical (unpaired) electrons. The van der Waals surface area contributed by atoms with Crippen molar-refractivity contribution >= 4 is 17.7 Å². The van der Waals surface area contributed by atoms with E-state index in [1.165, 1.54) is 0 Å². The molecule has 2 N–H and O–H groups in total. The van der Waals surface area contributed by atoms with Gasteiger partial charge in [0, 0.05) is 30.8 Å². The summed E-state index contributed by atoms with van der Waals surface area (Å²) in [7, 11) is 0. The maximum atomic E-state index is 13.2. The van der Waals surface area contributed by atoms with E-state index in [-0.39, 0.29) is 23.6 Å². The number of carbonyl (C=O) groups excluding carboxylic acids is 3. The molecule has 6 nitrogen and oxygen atoms in total. The number of hydrogen-bond acceptors (Lipinski definition) is 3. The van der Waals surface area contributed by atoms with E-state index in [9.17, 15) is 14.4 Å². The van der Waals surface area contributed by atoms with Gasteiger partial charge in [-0.1, -0.05) is 66.2 Å². The first kappa shape index (κ1) is 24.2. The van der Waals surface area contributed by atoms with Crippen molar-refractivity contribution in [3.63, 3.8) is 0 Å². The average molecular weight is 470 g/mol. The van der Waals surface area contributed by atoms with E-state index in [4.69, 9.17) is 0 Å². The first-order valence-corrected chi connectivity index (χ1v) is 12.0. The summed E-state index contributed by atoms with van der Waals surface area (Å²) in [4.78, 5) is 40.9. The van der Waals surface area contributed by atoms with Gasteiger partial charge in [-0.05, 0) is 55.5 Å². The Hall–Kier alpha value is -3.93. The Bertz CT molecular complexity index is 1140. The van der Waals surface area contributed by atoms with Gasteiger partial charge in [0.05, 0.1) is 0 Å². The average Bonchev–Trinajstić information content (AvgIpc) is 2.91. The first-order valence-electron chi connectivity index (χ1n) is 12.0. The minimum atomic E-state index is -0.678. The predicted molar refractivity (Wildman–Crippen MR) is 136 cm³/mol. The quantitative estimate of drug-likeness (QED) is 0.550. The zero-order valence-corrected chi connectivity index (χ0v) is 19.9. The summed E-state index contributed by atoms with van der Waals surface area (Å²) < 4.78 is 0. The van der Waals surface area contributed by atoms with Gasteiger partial charge >= 0.3 is 0 Å². The van der Waals surface area contributed by atoms with Crippen LogP contribution in [0.4, 0.5) is 0 Å². The monoisotopic (exact) mass is 469 g/mol. The molecule has 3 aromatic carbocycles. The lowest BCUT2D eigenvalue weighted by Gasteiger charge is -2.36. The highest BCUT2D eigenvalue weighted by atomic mass is 16.2. The molecule has 3 aromatic rings. The highest BCUT2D eigenvalue weighted by Crippen LogP contribution is 2.23. The lowest BCUT2D eigenvalue weighted by Crippen LogP contribution is -2.53. The van der Waals surface area contributed by atoms with Crippen molar-refractivity contribution in [2.75, 3.05) is 13.1 Å². The molecule has 0 spiro atoms. The van der Waals surface area contributed by atoms with E-state index in [2.05, 4.69) is 10.6 Å².